The number of carbonyl (C=O) groups is 2. The molecular formula is C31H34F3N9O3. The van der Waals surface area contributed by atoms with Gasteiger partial charge in [-0.2, -0.15) is 18.0 Å². The standard InChI is InChI=1S/C31H34F3N9O3/c1-4-13-40(2)14-6-5-10-23(36-28(44)22-9-7-8-21(17-22)27-37-39-41(3)38-27)19-42-15-16-43-25-11-12-35-29(46-20-31(32,33)34)24(25)18-26(43)30(42)45/h1,7-9,11-12,17-18,23H,5-6,10,13-16,19-20H2,2-3H3,(H,36,44)/t23-/m0/s1. The van der Waals surface area contributed by atoms with Crippen molar-refractivity contribution in [2.45, 2.75) is 38.0 Å². The summed E-state index contributed by atoms with van der Waals surface area (Å²) in [6, 6.07) is 9.70. The molecule has 1 aliphatic rings. The number of fused-ring (bicyclic) bond motifs is 3. The molecular weight excluding hydrogens is 603 g/mol. The molecule has 2 amide bonds. The summed E-state index contributed by atoms with van der Waals surface area (Å²) in [6.07, 6.45) is 4.47. The Bertz CT molecular complexity index is 1740. The highest BCUT2D eigenvalue weighted by molar-refractivity contribution is 6.01. The predicted molar refractivity (Wildman–Crippen MR) is 163 cm³/mol. The van der Waals surface area contributed by atoms with Crippen LogP contribution in [0, 0.1) is 12.3 Å². The van der Waals surface area contributed by atoms with Crippen LogP contribution in [-0.2, 0) is 13.6 Å². The minimum absolute atomic E-state index is 0.185. The highest BCUT2D eigenvalue weighted by atomic mass is 19.4. The third kappa shape index (κ3) is 7.81. The lowest BCUT2D eigenvalue weighted by Gasteiger charge is -2.32. The van der Waals surface area contributed by atoms with E-state index in [0.717, 1.165) is 19.4 Å². The van der Waals surface area contributed by atoms with Crippen LogP contribution in [0.2, 0.25) is 0 Å². The van der Waals surface area contributed by atoms with E-state index in [0.29, 0.717) is 59.6 Å². The molecule has 0 saturated carbocycles. The first-order valence-electron chi connectivity index (χ1n) is 14.8. The number of alkyl halides is 3. The molecule has 0 saturated heterocycles. The van der Waals surface area contributed by atoms with Gasteiger partial charge in [-0.15, -0.1) is 16.6 Å². The molecule has 5 rings (SSSR count). The molecule has 0 bridgehead atoms. The van der Waals surface area contributed by atoms with Crippen LogP contribution in [0.1, 0.15) is 40.1 Å². The van der Waals surface area contributed by atoms with Gasteiger partial charge in [0.1, 0.15) is 5.69 Å². The molecule has 4 heterocycles. The number of hydrogen-bond acceptors (Lipinski definition) is 8. The molecule has 0 aliphatic carbocycles. The Kier molecular flexibility index (Phi) is 9.86. The van der Waals surface area contributed by atoms with Crippen LogP contribution < -0.4 is 10.1 Å². The molecule has 0 fully saturated rings. The highest BCUT2D eigenvalue weighted by Gasteiger charge is 2.32. The third-order valence-corrected chi connectivity index (χ3v) is 7.64. The van der Waals surface area contributed by atoms with Gasteiger partial charge >= 0.3 is 6.18 Å². The van der Waals surface area contributed by atoms with Crippen molar-refractivity contribution in [2.24, 2.45) is 7.05 Å². The second-order valence-electron chi connectivity index (χ2n) is 11.2. The van der Waals surface area contributed by atoms with Crippen LogP contribution in [0.3, 0.4) is 0 Å². The number of unbranched alkanes of at least 4 members (excludes halogenated alkanes) is 1. The maximum absolute atomic E-state index is 13.7. The normalized spacial score (nSPS) is 13.9. The summed E-state index contributed by atoms with van der Waals surface area (Å²) >= 11 is 0. The van der Waals surface area contributed by atoms with E-state index in [9.17, 15) is 22.8 Å². The van der Waals surface area contributed by atoms with Gasteiger partial charge in [-0.05, 0) is 55.9 Å². The largest absolute Gasteiger partial charge is 0.468 e. The van der Waals surface area contributed by atoms with E-state index in [2.05, 4.69) is 31.6 Å². The fourth-order valence-electron chi connectivity index (χ4n) is 5.45. The van der Waals surface area contributed by atoms with E-state index in [1.54, 1.807) is 46.8 Å². The van der Waals surface area contributed by atoms with Gasteiger partial charge in [-0.1, -0.05) is 24.5 Å². The number of aromatic nitrogens is 6. The maximum atomic E-state index is 13.7. The molecule has 3 aromatic heterocycles. The van der Waals surface area contributed by atoms with Gasteiger partial charge < -0.3 is 19.5 Å². The molecule has 0 radical (unpaired) electrons. The fraction of sp³-hybridized carbons (Fsp3) is 0.419. The fourth-order valence-corrected chi connectivity index (χ4v) is 5.45. The first-order valence-corrected chi connectivity index (χ1v) is 14.8. The van der Waals surface area contributed by atoms with Crippen molar-refractivity contribution >= 4 is 22.7 Å². The summed E-state index contributed by atoms with van der Waals surface area (Å²) in [4.78, 5) is 36.2. The van der Waals surface area contributed by atoms with Gasteiger partial charge in [-0.3, -0.25) is 14.5 Å². The lowest BCUT2D eigenvalue weighted by molar-refractivity contribution is -0.153. The van der Waals surface area contributed by atoms with Gasteiger partial charge in [0.15, 0.2) is 6.61 Å². The average molecular weight is 638 g/mol. The van der Waals surface area contributed by atoms with E-state index < -0.39 is 12.8 Å². The number of nitrogens with zero attached hydrogens (tertiary/aromatic N) is 8. The molecule has 0 spiro atoms. The van der Waals surface area contributed by atoms with Gasteiger partial charge in [-0.25, -0.2) is 4.98 Å². The van der Waals surface area contributed by atoms with E-state index in [1.165, 1.54) is 17.1 Å². The Morgan fingerprint density at radius 1 is 1.22 bits per heavy atom. The van der Waals surface area contributed by atoms with Crippen LogP contribution in [0.25, 0.3) is 22.3 Å². The number of aryl methyl sites for hydroxylation is 1. The summed E-state index contributed by atoms with van der Waals surface area (Å²) in [6.45, 7) is 0.838. The van der Waals surface area contributed by atoms with Crippen LogP contribution in [0.15, 0.2) is 42.6 Å². The minimum atomic E-state index is -4.53. The molecule has 242 valence electrons. The molecule has 46 heavy (non-hydrogen) atoms. The lowest BCUT2D eigenvalue weighted by atomic mass is 10.1. The first-order chi connectivity index (χ1) is 22.0. The Hall–Kier alpha value is -4.97. The van der Waals surface area contributed by atoms with Crippen molar-refractivity contribution < 1.29 is 27.5 Å². The number of tetrazole rings is 1. The van der Waals surface area contributed by atoms with E-state index in [1.807, 2.05) is 11.9 Å². The number of carbonyl (C=O) groups excluding carboxylic acids is 2. The lowest BCUT2D eigenvalue weighted by Crippen LogP contribution is -2.49. The van der Waals surface area contributed by atoms with Crippen molar-refractivity contribution in [3.05, 3.63) is 53.9 Å². The molecule has 1 atom stereocenters. The monoisotopic (exact) mass is 637 g/mol. The van der Waals surface area contributed by atoms with Crippen molar-refractivity contribution in [1.29, 1.82) is 0 Å². The molecule has 15 heteroatoms. The topological polar surface area (TPSA) is 123 Å². The zero-order valence-electron chi connectivity index (χ0n) is 25.5. The third-order valence-electron chi connectivity index (χ3n) is 7.64. The Morgan fingerprint density at radius 3 is 2.78 bits per heavy atom. The van der Waals surface area contributed by atoms with E-state index in [4.69, 9.17) is 11.2 Å². The summed E-state index contributed by atoms with van der Waals surface area (Å²) in [5.74, 6) is 2.22. The zero-order valence-corrected chi connectivity index (χ0v) is 25.5. The smallest absolute Gasteiger partial charge is 0.422 e. The van der Waals surface area contributed by atoms with Crippen molar-refractivity contribution in [3.8, 4) is 29.6 Å². The number of pyridine rings is 1. The van der Waals surface area contributed by atoms with Crippen molar-refractivity contribution in [1.82, 2.24) is 44.9 Å². The molecule has 1 aliphatic heterocycles. The Balaban J connectivity index is 1.32. The summed E-state index contributed by atoms with van der Waals surface area (Å²) in [5, 5.41) is 15.5. The molecule has 0 unspecified atom stereocenters. The second kappa shape index (κ2) is 14.0. The first kappa shape index (κ1) is 32.4. The number of hydrogen-bond donors (Lipinski definition) is 1. The molecule has 1 N–H and O–H groups in total. The Morgan fingerprint density at radius 2 is 2.04 bits per heavy atom. The van der Waals surface area contributed by atoms with Crippen LogP contribution >= 0.6 is 0 Å². The molecule has 1 aromatic carbocycles. The quantitative estimate of drug-likeness (QED) is 0.175. The predicted octanol–water partition coefficient (Wildman–Crippen LogP) is 3.16. The second-order valence-corrected chi connectivity index (χ2v) is 11.2. The van der Waals surface area contributed by atoms with Crippen LogP contribution in [0.4, 0.5) is 13.2 Å². The van der Waals surface area contributed by atoms with Crippen LogP contribution in [0.5, 0.6) is 5.88 Å². The number of amides is 2. The van der Waals surface area contributed by atoms with E-state index >= 15 is 0 Å². The van der Waals surface area contributed by atoms with Gasteiger partial charge in [0.05, 0.1) is 24.5 Å². The van der Waals surface area contributed by atoms with Crippen LogP contribution in [-0.4, -0.2) is 103 Å². The highest BCUT2D eigenvalue weighted by Crippen LogP contribution is 2.31. The Labute approximate surface area is 263 Å². The number of rotatable bonds is 13. The van der Waals surface area contributed by atoms with Gasteiger partial charge in [0.25, 0.3) is 11.8 Å². The minimum Gasteiger partial charge on any atom is -0.468 e. The number of halogens is 3. The maximum Gasteiger partial charge on any atom is 0.422 e. The van der Waals surface area contributed by atoms with E-state index in [-0.39, 0.29) is 30.3 Å². The zero-order chi connectivity index (χ0) is 32.8. The number of nitrogens with one attached hydrogen (secondary N) is 1. The average Bonchev–Trinajstić information content (AvgIpc) is 3.63. The van der Waals surface area contributed by atoms with Gasteiger partial charge in [0.2, 0.25) is 11.7 Å². The molecule has 12 nitrogen and oxygen atoms in total. The summed E-state index contributed by atoms with van der Waals surface area (Å²) in [7, 11) is 3.60. The SMILES string of the molecule is C#CCN(C)CCCC[C@@H](CN1CCn2c(cc3c(OCC(F)(F)F)nccc32)C1=O)NC(=O)c1cccc(-c2nnn(C)n2)c1. The summed E-state index contributed by atoms with van der Waals surface area (Å²) in [5.41, 5.74) is 1.93. The van der Waals surface area contributed by atoms with Crippen molar-refractivity contribution in [2.75, 3.05) is 39.8 Å². The van der Waals surface area contributed by atoms with Crippen molar-refractivity contribution in [3.63, 3.8) is 0 Å². The number of terminal acetylenes is 1. The number of ether oxygens (including phenoxy) is 1. The van der Waals surface area contributed by atoms with Gasteiger partial charge in [0, 0.05) is 43.0 Å². The molecule has 4 aromatic rings. The summed E-state index contributed by atoms with van der Waals surface area (Å²) < 4.78 is 45.2. The number of benzene rings is 1.